The minimum Gasteiger partial charge on any atom is -0.497 e. The van der Waals surface area contributed by atoms with E-state index in [0.29, 0.717) is 11.4 Å². The van der Waals surface area contributed by atoms with E-state index in [0.717, 1.165) is 25.9 Å². The molecule has 0 aromatic heterocycles. The van der Waals surface area contributed by atoms with Gasteiger partial charge in [-0.3, -0.25) is 14.9 Å². The van der Waals surface area contributed by atoms with Crippen LogP contribution >= 0.6 is 0 Å². The summed E-state index contributed by atoms with van der Waals surface area (Å²) in [5, 5.41) is 14.0. The van der Waals surface area contributed by atoms with Crippen molar-refractivity contribution >= 4 is 17.3 Å². The molecule has 0 saturated carbocycles. The minimum absolute atomic E-state index is 0.0374. The highest BCUT2D eigenvalue weighted by Crippen LogP contribution is 2.29. The van der Waals surface area contributed by atoms with Crippen LogP contribution in [0.4, 0.5) is 11.4 Å². The van der Waals surface area contributed by atoms with Crippen molar-refractivity contribution in [3.8, 4) is 5.75 Å². The zero-order chi connectivity index (χ0) is 15.4. The van der Waals surface area contributed by atoms with Gasteiger partial charge in [-0.25, -0.2) is 0 Å². The molecule has 2 rings (SSSR count). The third-order valence-electron chi connectivity index (χ3n) is 3.56. The molecule has 1 fully saturated rings. The van der Waals surface area contributed by atoms with E-state index < -0.39 is 11.0 Å². The number of benzene rings is 1. The molecular weight excluding hydrogens is 274 g/mol. The Kier molecular flexibility index (Phi) is 4.62. The van der Waals surface area contributed by atoms with E-state index in [2.05, 4.69) is 5.32 Å². The molecule has 0 radical (unpaired) electrons. The Labute approximate surface area is 123 Å². The van der Waals surface area contributed by atoms with Crippen LogP contribution in [0.25, 0.3) is 0 Å². The highest BCUT2D eigenvalue weighted by Gasteiger charge is 2.25. The second-order valence-electron chi connectivity index (χ2n) is 5.04. The SMILES string of the molecule is COc1ccc([N+](=O)[O-])c(NC(C)C(=O)N2CCCC2)c1. The molecule has 1 aromatic carbocycles. The van der Waals surface area contributed by atoms with Gasteiger partial charge in [-0.2, -0.15) is 0 Å². The number of likely N-dealkylation sites (tertiary alicyclic amines) is 1. The number of carbonyl (C=O) groups is 1. The Morgan fingerprint density at radius 1 is 1.43 bits per heavy atom. The Morgan fingerprint density at radius 3 is 2.67 bits per heavy atom. The second-order valence-corrected chi connectivity index (χ2v) is 5.04. The highest BCUT2D eigenvalue weighted by atomic mass is 16.6. The fourth-order valence-electron chi connectivity index (χ4n) is 2.42. The van der Waals surface area contributed by atoms with Crippen LogP contribution < -0.4 is 10.1 Å². The van der Waals surface area contributed by atoms with E-state index in [1.54, 1.807) is 11.8 Å². The van der Waals surface area contributed by atoms with Crippen LogP contribution in [0.2, 0.25) is 0 Å². The molecule has 1 aliphatic heterocycles. The molecule has 1 saturated heterocycles. The number of nitrogens with one attached hydrogen (secondary N) is 1. The van der Waals surface area contributed by atoms with Crippen molar-refractivity contribution in [2.75, 3.05) is 25.5 Å². The maximum absolute atomic E-state index is 12.2. The molecule has 0 aliphatic carbocycles. The summed E-state index contributed by atoms with van der Waals surface area (Å²) in [6.45, 7) is 3.22. The number of rotatable bonds is 5. The maximum atomic E-state index is 12.2. The van der Waals surface area contributed by atoms with Gasteiger partial charge in [-0.1, -0.05) is 0 Å². The lowest BCUT2D eigenvalue weighted by molar-refractivity contribution is -0.384. The van der Waals surface area contributed by atoms with E-state index in [-0.39, 0.29) is 11.6 Å². The van der Waals surface area contributed by atoms with Gasteiger partial charge in [-0.05, 0) is 25.8 Å². The van der Waals surface area contributed by atoms with Crippen molar-refractivity contribution in [3.05, 3.63) is 28.3 Å². The third kappa shape index (κ3) is 3.42. The van der Waals surface area contributed by atoms with Crippen molar-refractivity contribution in [3.63, 3.8) is 0 Å². The van der Waals surface area contributed by atoms with Crippen LogP contribution in [-0.4, -0.2) is 42.0 Å². The zero-order valence-corrected chi connectivity index (χ0v) is 12.2. The smallest absolute Gasteiger partial charge is 0.292 e. The first-order chi connectivity index (χ1) is 10.0. The predicted octanol–water partition coefficient (Wildman–Crippen LogP) is 2.03. The Morgan fingerprint density at radius 2 is 2.10 bits per heavy atom. The van der Waals surface area contributed by atoms with Gasteiger partial charge in [-0.15, -0.1) is 0 Å². The van der Waals surface area contributed by atoms with E-state index in [1.807, 2.05) is 0 Å². The van der Waals surface area contributed by atoms with Crippen LogP contribution in [0.15, 0.2) is 18.2 Å². The summed E-state index contributed by atoms with van der Waals surface area (Å²) in [5.41, 5.74) is 0.219. The lowest BCUT2D eigenvalue weighted by Gasteiger charge is -2.22. The predicted molar refractivity (Wildman–Crippen MR) is 78.5 cm³/mol. The molecule has 1 unspecified atom stereocenters. The quantitative estimate of drug-likeness (QED) is 0.663. The average Bonchev–Trinajstić information content (AvgIpc) is 3.00. The van der Waals surface area contributed by atoms with Crippen LogP contribution in [0.3, 0.4) is 0 Å². The second kappa shape index (κ2) is 6.43. The molecule has 1 aromatic rings. The third-order valence-corrected chi connectivity index (χ3v) is 3.56. The van der Waals surface area contributed by atoms with Gasteiger partial charge in [0.2, 0.25) is 5.91 Å². The Balaban J connectivity index is 2.16. The van der Waals surface area contributed by atoms with Gasteiger partial charge in [0.05, 0.1) is 12.0 Å². The molecule has 7 nitrogen and oxygen atoms in total. The molecule has 0 bridgehead atoms. The summed E-state index contributed by atoms with van der Waals surface area (Å²) in [6, 6.07) is 3.91. The first-order valence-corrected chi connectivity index (χ1v) is 6.90. The Hall–Kier alpha value is -2.31. The van der Waals surface area contributed by atoms with Crippen molar-refractivity contribution in [1.82, 2.24) is 4.90 Å². The van der Waals surface area contributed by atoms with E-state index in [4.69, 9.17) is 4.74 Å². The van der Waals surface area contributed by atoms with Gasteiger partial charge >= 0.3 is 0 Å². The monoisotopic (exact) mass is 293 g/mol. The summed E-state index contributed by atoms with van der Waals surface area (Å²) < 4.78 is 5.07. The van der Waals surface area contributed by atoms with Crippen LogP contribution in [-0.2, 0) is 4.79 Å². The number of anilines is 1. The number of nitro benzene ring substituents is 1. The Bertz CT molecular complexity index is 541. The molecule has 1 atom stereocenters. The number of amides is 1. The largest absolute Gasteiger partial charge is 0.497 e. The summed E-state index contributed by atoms with van der Waals surface area (Å²) in [4.78, 5) is 24.6. The molecule has 1 N–H and O–H groups in total. The van der Waals surface area contributed by atoms with Gasteiger partial charge in [0.15, 0.2) is 0 Å². The first kappa shape index (κ1) is 15.1. The van der Waals surface area contributed by atoms with Crippen molar-refractivity contribution in [1.29, 1.82) is 0 Å². The number of nitrogens with zero attached hydrogens (tertiary/aromatic N) is 2. The van der Waals surface area contributed by atoms with Crippen LogP contribution in [0.5, 0.6) is 5.75 Å². The molecule has 1 heterocycles. The minimum atomic E-state index is -0.520. The van der Waals surface area contributed by atoms with E-state index >= 15 is 0 Å². The number of methoxy groups -OCH3 is 1. The molecular formula is C14H19N3O4. The molecule has 1 aliphatic rings. The molecule has 0 spiro atoms. The normalized spacial score (nSPS) is 15.6. The topological polar surface area (TPSA) is 84.7 Å². The summed E-state index contributed by atoms with van der Waals surface area (Å²) >= 11 is 0. The zero-order valence-electron chi connectivity index (χ0n) is 12.2. The molecule has 1 amide bonds. The van der Waals surface area contributed by atoms with E-state index in [9.17, 15) is 14.9 Å². The van der Waals surface area contributed by atoms with Gasteiger partial charge in [0.1, 0.15) is 17.5 Å². The van der Waals surface area contributed by atoms with Crippen molar-refractivity contribution in [2.24, 2.45) is 0 Å². The van der Waals surface area contributed by atoms with Crippen molar-refractivity contribution in [2.45, 2.75) is 25.8 Å². The number of nitro groups is 1. The number of carbonyl (C=O) groups excluding carboxylic acids is 1. The van der Waals surface area contributed by atoms with Gasteiger partial charge in [0.25, 0.3) is 5.69 Å². The van der Waals surface area contributed by atoms with E-state index in [1.165, 1.54) is 25.3 Å². The maximum Gasteiger partial charge on any atom is 0.292 e. The van der Waals surface area contributed by atoms with Gasteiger partial charge < -0.3 is 15.0 Å². The highest BCUT2D eigenvalue weighted by molar-refractivity contribution is 5.85. The number of hydrogen-bond acceptors (Lipinski definition) is 5. The lowest BCUT2D eigenvalue weighted by atomic mass is 10.2. The first-order valence-electron chi connectivity index (χ1n) is 6.90. The fourth-order valence-corrected chi connectivity index (χ4v) is 2.42. The number of ether oxygens (including phenoxy) is 1. The van der Waals surface area contributed by atoms with Crippen molar-refractivity contribution < 1.29 is 14.5 Å². The van der Waals surface area contributed by atoms with Crippen LogP contribution in [0, 0.1) is 10.1 Å². The fraction of sp³-hybridized carbons (Fsp3) is 0.500. The number of hydrogen-bond donors (Lipinski definition) is 1. The molecule has 114 valence electrons. The van der Waals surface area contributed by atoms with Crippen LogP contribution in [0.1, 0.15) is 19.8 Å². The molecule has 7 heteroatoms. The average molecular weight is 293 g/mol. The summed E-state index contributed by atoms with van der Waals surface area (Å²) in [5.74, 6) is 0.466. The summed E-state index contributed by atoms with van der Waals surface area (Å²) in [7, 11) is 1.49. The van der Waals surface area contributed by atoms with Gasteiger partial charge in [0, 0.05) is 25.2 Å². The standard InChI is InChI=1S/C14H19N3O4/c1-10(14(18)16-7-3-4-8-16)15-12-9-11(21-2)5-6-13(12)17(19)20/h5-6,9-10,15H,3-4,7-8H2,1-2H3. The molecule has 21 heavy (non-hydrogen) atoms. The summed E-state index contributed by atoms with van der Waals surface area (Å²) in [6.07, 6.45) is 2.02. The lowest BCUT2D eigenvalue weighted by Crippen LogP contribution is -2.39.